The quantitative estimate of drug-likeness (QED) is 0.762. The summed E-state index contributed by atoms with van der Waals surface area (Å²) in [6.45, 7) is 3.66. The average molecular weight is 387 g/mol. The molecule has 5 heteroatoms. The fourth-order valence-corrected chi connectivity index (χ4v) is 3.12. The first kappa shape index (κ1) is 15.7. The van der Waals surface area contributed by atoms with Gasteiger partial charge in [-0.15, -0.1) is 0 Å². The van der Waals surface area contributed by atoms with E-state index in [1.54, 1.807) is 0 Å². The molecular formula is C15H22IN3O. The molecule has 1 saturated heterocycles. The minimum absolute atomic E-state index is 0.0587. The predicted octanol–water partition coefficient (Wildman–Crippen LogP) is 2.16. The minimum atomic E-state index is 0.0587. The molecule has 1 aliphatic rings. The number of amides is 1. The second-order valence-electron chi connectivity index (χ2n) is 5.45. The van der Waals surface area contributed by atoms with Gasteiger partial charge in [0.15, 0.2) is 0 Å². The van der Waals surface area contributed by atoms with E-state index in [1.807, 2.05) is 31.3 Å². The van der Waals surface area contributed by atoms with E-state index < -0.39 is 0 Å². The van der Waals surface area contributed by atoms with Crippen molar-refractivity contribution < 1.29 is 4.79 Å². The summed E-state index contributed by atoms with van der Waals surface area (Å²) < 4.78 is 1.13. The Hall–Kier alpha value is -0.660. The maximum atomic E-state index is 12.0. The number of likely N-dealkylation sites (N-methyl/N-ethyl adjacent to an activating group) is 1. The molecule has 2 rings (SSSR count). The molecule has 1 aromatic carbocycles. The number of carbonyl (C=O) groups is 1. The summed E-state index contributed by atoms with van der Waals surface area (Å²) >= 11 is 2.25. The summed E-state index contributed by atoms with van der Waals surface area (Å²) in [5, 5.41) is 6.32. The van der Waals surface area contributed by atoms with Gasteiger partial charge in [-0.1, -0.05) is 6.07 Å². The summed E-state index contributed by atoms with van der Waals surface area (Å²) in [5.41, 5.74) is 0.872. The lowest BCUT2D eigenvalue weighted by Gasteiger charge is -2.27. The van der Waals surface area contributed by atoms with E-state index >= 15 is 0 Å². The monoisotopic (exact) mass is 387 g/mol. The van der Waals surface area contributed by atoms with Crippen LogP contribution in [0, 0.1) is 9.49 Å². The average Bonchev–Trinajstić information content (AvgIpc) is 2.39. The lowest BCUT2D eigenvalue weighted by molar-refractivity contribution is -0.117. The first-order valence-corrected chi connectivity index (χ1v) is 8.16. The van der Waals surface area contributed by atoms with Gasteiger partial charge in [0.1, 0.15) is 0 Å². The first-order valence-electron chi connectivity index (χ1n) is 7.08. The van der Waals surface area contributed by atoms with Crippen molar-refractivity contribution >= 4 is 34.2 Å². The van der Waals surface area contributed by atoms with Gasteiger partial charge in [-0.25, -0.2) is 0 Å². The normalized spacial score (nSPS) is 16.4. The second-order valence-corrected chi connectivity index (χ2v) is 6.69. The van der Waals surface area contributed by atoms with Crippen molar-refractivity contribution in [3.05, 3.63) is 27.8 Å². The molecule has 110 valence electrons. The van der Waals surface area contributed by atoms with E-state index in [-0.39, 0.29) is 5.91 Å². The molecular weight excluding hydrogens is 365 g/mol. The Kier molecular flexibility index (Phi) is 6.25. The van der Waals surface area contributed by atoms with E-state index in [0.29, 0.717) is 12.5 Å². The van der Waals surface area contributed by atoms with Gasteiger partial charge in [-0.3, -0.25) is 9.69 Å². The van der Waals surface area contributed by atoms with Crippen LogP contribution in [-0.2, 0) is 4.79 Å². The highest BCUT2D eigenvalue weighted by atomic mass is 127. The van der Waals surface area contributed by atoms with Gasteiger partial charge in [-0.05, 0) is 79.7 Å². The van der Waals surface area contributed by atoms with Crippen LogP contribution in [0.25, 0.3) is 0 Å². The van der Waals surface area contributed by atoms with Gasteiger partial charge >= 0.3 is 0 Å². The third kappa shape index (κ3) is 5.38. The smallest absolute Gasteiger partial charge is 0.238 e. The van der Waals surface area contributed by atoms with Crippen molar-refractivity contribution in [3.8, 4) is 0 Å². The van der Waals surface area contributed by atoms with Crippen molar-refractivity contribution in [3.63, 3.8) is 0 Å². The van der Waals surface area contributed by atoms with Gasteiger partial charge in [0.05, 0.1) is 6.54 Å². The molecule has 0 bridgehead atoms. The predicted molar refractivity (Wildman–Crippen MR) is 90.9 cm³/mol. The zero-order valence-electron chi connectivity index (χ0n) is 11.9. The van der Waals surface area contributed by atoms with Crippen LogP contribution < -0.4 is 10.6 Å². The molecule has 0 spiro atoms. The highest BCUT2D eigenvalue weighted by Crippen LogP contribution is 2.14. The number of nitrogens with zero attached hydrogens (tertiary/aromatic N) is 1. The molecule has 1 heterocycles. The van der Waals surface area contributed by atoms with Gasteiger partial charge < -0.3 is 10.6 Å². The fraction of sp³-hybridized carbons (Fsp3) is 0.533. The van der Waals surface area contributed by atoms with Gasteiger partial charge in [-0.2, -0.15) is 0 Å². The third-order valence-electron chi connectivity index (χ3n) is 3.55. The number of hydrogen-bond acceptors (Lipinski definition) is 3. The summed E-state index contributed by atoms with van der Waals surface area (Å²) in [6.07, 6.45) is 2.42. The van der Waals surface area contributed by atoms with Gasteiger partial charge in [0.2, 0.25) is 5.91 Å². The molecule has 20 heavy (non-hydrogen) atoms. The summed E-state index contributed by atoms with van der Waals surface area (Å²) in [4.78, 5) is 14.1. The largest absolute Gasteiger partial charge is 0.325 e. The van der Waals surface area contributed by atoms with Gasteiger partial charge in [0.25, 0.3) is 0 Å². The maximum absolute atomic E-state index is 12.0. The molecule has 0 radical (unpaired) electrons. The number of nitrogens with one attached hydrogen (secondary N) is 2. The number of halogens is 1. The van der Waals surface area contributed by atoms with Crippen LogP contribution in [0.3, 0.4) is 0 Å². The number of hydrogen-bond donors (Lipinski definition) is 2. The van der Waals surface area contributed by atoms with E-state index in [9.17, 15) is 4.79 Å². The van der Waals surface area contributed by atoms with Crippen LogP contribution in [0.5, 0.6) is 0 Å². The van der Waals surface area contributed by atoms with E-state index in [2.05, 4.69) is 38.1 Å². The Morgan fingerprint density at radius 1 is 1.45 bits per heavy atom. The molecule has 0 atom stereocenters. The third-order valence-corrected chi connectivity index (χ3v) is 4.22. The summed E-state index contributed by atoms with van der Waals surface area (Å²) in [7, 11) is 2.02. The minimum Gasteiger partial charge on any atom is -0.325 e. The molecule has 1 amide bonds. The molecule has 4 nitrogen and oxygen atoms in total. The molecule has 1 fully saturated rings. The zero-order valence-corrected chi connectivity index (χ0v) is 14.0. The number of anilines is 1. The van der Waals surface area contributed by atoms with Gasteiger partial charge in [0, 0.05) is 15.8 Å². The Bertz CT molecular complexity index is 446. The van der Waals surface area contributed by atoms with Crippen molar-refractivity contribution in [2.24, 2.45) is 5.92 Å². The molecule has 0 aliphatic carbocycles. The second kappa shape index (κ2) is 7.95. The SMILES string of the molecule is CN(CC(=O)Nc1cccc(I)c1)CC1CCNCC1. The Morgan fingerprint density at radius 3 is 2.90 bits per heavy atom. The van der Waals surface area contributed by atoms with Crippen LogP contribution in [0.15, 0.2) is 24.3 Å². The van der Waals surface area contributed by atoms with Crippen molar-refractivity contribution in [1.82, 2.24) is 10.2 Å². The molecule has 1 aromatic rings. The summed E-state index contributed by atoms with van der Waals surface area (Å²) in [6, 6.07) is 7.87. The summed E-state index contributed by atoms with van der Waals surface area (Å²) in [5.74, 6) is 0.773. The fourth-order valence-electron chi connectivity index (χ4n) is 2.58. The Balaban J connectivity index is 1.75. The Morgan fingerprint density at radius 2 is 2.20 bits per heavy atom. The number of rotatable bonds is 5. The zero-order chi connectivity index (χ0) is 14.4. The van der Waals surface area contributed by atoms with Crippen molar-refractivity contribution in [2.45, 2.75) is 12.8 Å². The maximum Gasteiger partial charge on any atom is 0.238 e. The van der Waals surface area contributed by atoms with E-state index in [1.165, 1.54) is 12.8 Å². The molecule has 0 unspecified atom stereocenters. The number of piperidine rings is 1. The van der Waals surface area contributed by atoms with Crippen molar-refractivity contribution in [2.75, 3.05) is 38.5 Å². The van der Waals surface area contributed by atoms with Crippen LogP contribution in [-0.4, -0.2) is 44.0 Å². The van der Waals surface area contributed by atoms with E-state index in [4.69, 9.17) is 0 Å². The van der Waals surface area contributed by atoms with E-state index in [0.717, 1.165) is 28.9 Å². The topological polar surface area (TPSA) is 44.4 Å². The lowest BCUT2D eigenvalue weighted by Crippen LogP contribution is -2.37. The molecule has 1 aliphatic heterocycles. The van der Waals surface area contributed by atoms with Crippen LogP contribution >= 0.6 is 22.6 Å². The van der Waals surface area contributed by atoms with Crippen LogP contribution in [0.2, 0.25) is 0 Å². The molecule has 0 aromatic heterocycles. The molecule has 2 N–H and O–H groups in total. The molecule has 0 saturated carbocycles. The highest BCUT2D eigenvalue weighted by molar-refractivity contribution is 14.1. The van der Waals surface area contributed by atoms with Crippen LogP contribution in [0.4, 0.5) is 5.69 Å². The Labute approximate surface area is 134 Å². The lowest BCUT2D eigenvalue weighted by atomic mass is 9.98. The van der Waals surface area contributed by atoms with Crippen LogP contribution in [0.1, 0.15) is 12.8 Å². The first-order chi connectivity index (χ1) is 9.63. The number of benzene rings is 1. The highest BCUT2D eigenvalue weighted by Gasteiger charge is 2.16. The number of carbonyl (C=O) groups excluding carboxylic acids is 1. The van der Waals surface area contributed by atoms with Crippen molar-refractivity contribution in [1.29, 1.82) is 0 Å². The standard InChI is InChI=1S/C15H22IN3O/c1-19(10-12-5-7-17-8-6-12)11-15(20)18-14-4-2-3-13(16)9-14/h2-4,9,12,17H,5-8,10-11H2,1H3,(H,18,20).